The van der Waals surface area contributed by atoms with Gasteiger partial charge in [-0.3, -0.25) is 4.79 Å². The van der Waals surface area contributed by atoms with Crippen LogP contribution >= 0.6 is 0 Å². The second-order valence-electron chi connectivity index (χ2n) is 5.54. The van der Waals surface area contributed by atoms with Crippen molar-refractivity contribution in [1.82, 2.24) is 4.72 Å². The summed E-state index contributed by atoms with van der Waals surface area (Å²) in [5, 5.41) is 2.81. The maximum Gasteiger partial charge on any atom is 0.240 e. The number of carbonyl (C=O) groups is 1. The second kappa shape index (κ2) is 6.62. The summed E-state index contributed by atoms with van der Waals surface area (Å²) >= 11 is 0. The van der Waals surface area contributed by atoms with Gasteiger partial charge in [-0.1, -0.05) is 12.1 Å². The fourth-order valence-electron chi connectivity index (χ4n) is 2.56. The lowest BCUT2D eigenvalue weighted by Crippen LogP contribution is -2.24. The minimum atomic E-state index is -3.59. The van der Waals surface area contributed by atoms with Crippen LogP contribution in [-0.2, 0) is 27.8 Å². The molecule has 0 atom stereocenters. The van der Waals surface area contributed by atoms with Gasteiger partial charge in [0.2, 0.25) is 15.9 Å². The molecule has 2 aromatic carbocycles. The summed E-state index contributed by atoms with van der Waals surface area (Å²) in [6, 6.07) is 11.8. The third kappa shape index (κ3) is 3.58. The van der Waals surface area contributed by atoms with Crippen molar-refractivity contribution < 1.29 is 17.9 Å². The number of methoxy groups -OCH3 is 1. The largest absolute Gasteiger partial charge is 0.497 e. The van der Waals surface area contributed by atoms with E-state index >= 15 is 0 Å². The van der Waals surface area contributed by atoms with Gasteiger partial charge < -0.3 is 10.1 Å². The molecule has 0 spiro atoms. The van der Waals surface area contributed by atoms with Crippen LogP contribution in [0.2, 0.25) is 0 Å². The van der Waals surface area contributed by atoms with Crippen LogP contribution in [0.4, 0.5) is 5.69 Å². The third-order valence-electron chi connectivity index (χ3n) is 3.90. The van der Waals surface area contributed by atoms with Crippen molar-refractivity contribution in [2.24, 2.45) is 0 Å². The summed E-state index contributed by atoms with van der Waals surface area (Å²) in [5.41, 5.74) is 2.67. The molecule has 0 bridgehead atoms. The fourth-order valence-corrected chi connectivity index (χ4v) is 3.58. The van der Waals surface area contributed by atoms with Gasteiger partial charge in [0.15, 0.2) is 0 Å². The summed E-state index contributed by atoms with van der Waals surface area (Å²) in [4.78, 5) is 11.5. The highest BCUT2D eigenvalue weighted by molar-refractivity contribution is 7.89. The zero-order chi connectivity index (χ0) is 17.2. The number of rotatable bonds is 5. The molecule has 0 radical (unpaired) electrons. The standard InChI is InChI=1S/C17H18N2O4S/c1-23-14-4-6-15(7-5-14)24(21,22)18-11-12-2-8-16-13(10-12)3-9-17(20)19-16/h2,4-8,10,18H,3,9,11H2,1H3,(H,19,20). The lowest BCUT2D eigenvalue weighted by Gasteiger charge is -2.17. The first-order valence-electron chi connectivity index (χ1n) is 7.53. The van der Waals surface area contributed by atoms with Crippen LogP contribution in [0.15, 0.2) is 47.4 Å². The van der Waals surface area contributed by atoms with Gasteiger partial charge in [0, 0.05) is 18.7 Å². The zero-order valence-corrected chi connectivity index (χ0v) is 14.0. The number of aryl methyl sites for hydroxylation is 1. The van der Waals surface area contributed by atoms with Crippen molar-refractivity contribution in [1.29, 1.82) is 0 Å². The summed E-state index contributed by atoms with van der Waals surface area (Å²) in [5.74, 6) is 0.612. The van der Waals surface area contributed by atoms with Gasteiger partial charge in [0.1, 0.15) is 5.75 Å². The molecule has 0 unspecified atom stereocenters. The maximum atomic E-state index is 12.3. The number of sulfonamides is 1. The highest BCUT2D eigenvalue weighted by atomic mass is 32.2. The number of hydrogen-bond acceptors (Lipinski definition) is 4. The SMILES string of the molecule is COc1ccc(S(=O)(=O)NCc2ccc3c(c2)CCC(=O)N3)cc1. The molecule has 0 fully saturated rings. The topological polar surface area (TPSA) is 84.5 Å². The summed E-state index contributed by atoms with van der Waals surface area (Å²) < 4.78 is 32.3. The molecule has 0 saturated carbocycles. The van der Waals surface area contributed by atoms with Crippen molar-refractivity contribution >= 4 is 21.6 Å². The molecule has 126 valence electrons. The molecule has 0 aromatic heterocycles. The molecule has 2 N–H and O–H groups in total. The number of amides is 1. The van der Waals surface area contributed by atoms with Crippen molar-refractivity contribution in [3.63, 3.8) is 0 Å². The van der Waals surface area contributed by atoms with Gasteiger partial charge in [-0.25, -0.2) is 13.1 Å². The van der Waals surface area contributed by atoms with Crippen LogP contribution in [0.25, 0.3) is 0 Å². The first-order chi connectivity index (χ1) is 11.5. The van der Waals surface area contributed by atoms with E-state index in [0.717, 1.165) is 16.8 Å². The van der Waals surface area contributed by atoms with Crippen molar-refractivity contribution in [2.75, 3.05) is 12.4 Å². The molecule has 1 aliphatic heterocycles. The maximum absolute atomic E-state index is 12.3. The van der Waals surface area contributed by atoms with Crippen molar-refractivity contribution in [2.45, 2.75) is 24.3 Å². The summed E-state index contributed by atoms with van der Waals surface area (Å²) in [6.07, 6.45) is 1.12. The van der Waals surface area contributed by atoms with E-state index in [2.05, 4.69) is 10.0 Å². The summed E-state index contributed by atoms with van der Waals surface area (Å²) in [6.45, 7) is 0.190. The van der Waals surface area contributed by atoms with Crippen LogP contribution in [0.5, 0.6) is 5.75 Å². The molecular formula is C17H18N2O4S. The van der Waals surface area contributed by atoms with E-state index in [9.17, 15) is 13.2 Å². The first kappa shape index (κ1) is 16.5. The van der Waals surface area contributed by atoms with Gasteiger partial charge in [-0.15, -0.1) is 0 Å². The third-order valence-corrected chi connectivity index (χ3v) is 5.32. The Kier molecular flexibility index (Phi) is 4.55. The second-order valence-corrected chi connectivity index (χ2v) is 7.31. The smallest absolute Gasteiger partial charge is 0.240 e. The number of ether oxygens (including phenoxy) is 1. The molecular weight excluding hydrogens is 328 g/mol. The molecule has 1 heterocycles. The number of hydrogen-bond donors (Lipinski definition) is 2. The van der Waals surface area contributed by atoms with Gasteiger partial charge >= 0.3 is 0 Å². The van der Waals surface area contributed by atoms with Crippen LogP contribution in [-0.4, -0.2) is 21.4 Å². The predicted octanol–water partition coefficient (Wildman–Crippen LogP) is 2.06. The van der Waals surface area contributed by atoms with Crippen LogP contribution in [0.3, 0.4) is 0 Å². The monoisotopic (exact) mass is 346 g/mol. The Morgan fingerprint density at radius 1 is 1.12 bits per heavy atom. The van der Waals surface area contributed by atoms with Crippen molar-refractivity contribution in [3.05, 3.63) is 53.6 Å². The molecule has 2 aromatic rings. The molecule has 1 amide bonds. The summed E-state index contributed by atoms with van der Waals surface area (Å²) in [7, 11) is -2.06. The van der Waals surface area contributed by atoms with E-state index in [-0.39, 0.29) is 17.3 Å². The molecule has 0 saturated heterocycles. The van der Waals surface area contributed by atoms with Gasteiger partial charge in [0.05, 0.1) is 12.0 Å². The van der Waals surface area contributed by atoms with Crippen LogP contribution in [0, 0.1) is 0 Å². The van der Waals surface area contributed by atoms with E-state index in [1.165, 1.54) is 19.2 Å². The molecule has 7 heteroatoms. The highest BCUT2D eigenvalue weighted by Crippen LogP contribution is 2.24. The Hall–Kier alpha value is -2.38. The Labute approximate surface area is 140 Å². The van der Waals surface area contributed by atoms with E-state index in [0.29, 0.717) is 18.6 Å². The highest BCUT2D eigenvalue weighted by Gasteiger charge is 2.16. The van der Waals surface area contributed by atoms with Gasteiger partial charge in [-0.05, 0) is 47.9 Å². The number of nitrogens with one attached hydrogen (secondary N) is 2. The molecule has 3 rings (SSSR count). The Morgan fingerprint density at radius 3 is 2.58 bits per heavy atom. The zero-order valence-electron chi connectivity index (χ0n) is 13.2. The quantitative estimate of drug-likeness (QED) is 0.868. The van der Waals surface area contributed by atoms with Crippen molar-refractivity contribution in [3.8, 4) is 5.75 Å². The number of benzene rings is 2. The Bertz CT molecular complexity index is 861. The van der Waals surface area contributed by atoms with Gasteiger partial charge in [-0.2, -0.15) is 0 Å². The average Bonchev–Trinajstić information content (AvgIpc) is 2.60. The normalized spacial score (nSPS) is 14.0. The minimum Gasteiger partial charge on any atom is -0.497 e. The van der Waals surface area contributed by atoms with E-state index in [4.69, 9.17) is 4.74 Å². The van der Waals surface area contributed by atoms with Gasteiger partial charge in [0.25, 0.3) is 0 Å². The Balaban J connectivity index is 1.71. The lowest BCUT2D eigenvalue weighted by molar-refractivity contribution is -0.116. The van der Waals surface area contributed by atoms with E-state index in [1.807, 2.05) is 12.1 Å². The molecule has 1 aliphatic rings. The Morgan fingerprint density at radius 2 is 1.88 bits per heavy atom. The first-order valence-corrected chi connectivity index (χ1v) is 9.01. The lowest BCUT2D eigenvalue weighted by atomic mass is 10.0. The average molecular weight is 346 g/mol. The van der Waals surface area contributed by atoms with Crippen LogP contribution in [0.1, 0.15) is 17.5 Å². The van der Waals surface area contributed by atoms with E-state index < -0.39 is 10.0 Å². The molecule has 0 aliphatic carbocycles. The number of anilines is 1. The number of carbonyl (C=O) groups excluding carboxylic acids is 1. The molecule has 24 heavy (non-hydrogen) atoms. The molecule has 6 nitrogen and oxygen atoms in total. The van der Waals surface area contributed by atoms with Crippen LogP contribution < -0.4 is 14.8 Å². The fraction of sp³-hybridized carbons (Fsp3) is 0.235. The number of fused-ring (bicyclic) bond motifs is 1. The predicted molar refractivity (Wildman–Crippen MR) is 90.4 cm³/mol. The minimum absolute atomic E-state index is 0.00968. The van der Waals surface area contributed by atoms with E-state index in [1.54, 1.807) is 18.2 Å².